The molecule has 0 radical (unpaired) electrons. The molecule has 0 bridgehead atoms. The Morgan fingerprint density at radius 1 is 1.00 bits per heavy atom. The zero-order chi connectivity index (χ0) is 13.5. The van der Waals surface area contributed by atoms with Gasteiger partial charge in [0.25, 0.3) is 0 Å². The fourth-order valence-corrected chi connectivity index (χ4v) is 4.59. The van der Waals surface area contributed by atoms with Gasteiger partial charge in [0.05, 0.1) is 0 Å². The third kappa shape index (κ3) is 1.80. The van der Waals surface area contributed by atoms with E-state index in [-0.39, 0.29) is 0 Å². The summed E-state index contributed by atoms with van der Waals surface area (Å²) < 4.78 is 0. The molecule has 2 aliphatic rings. The van der Waals surface area contributed by atoms with E-state index in [4.69, 9.17) is 5.40 Å². The summed E-state index contributed by atoms with van der Waals surface area (Å²) in [4.78, 5) is 0. The van der Waals surface area contributed by atoms with Gasteiger partial charge in [-0.15, -0.1) is 0 Å². The van der Waals surface area contributed by atoms with E-state index in [9.17, 15) is 0 Å². The molecule has 2 heteroatoms. The van der Waals surface area contributed by atoms with E-state index in [1.807, 2.05) is 0 Å². The van der Waals surface area contributed by atoms with E-state index >= 15 is 0 Å². The Kier molecular flexibility index (Phi) is 2.86. The van der Waals surface area contributed by atoms with Crippen molar-refractivity contribution in [3.63, 3.8) is 0 Å². The second kappa shape index (κ2) is 4.72. The molecular formula is C18H19NSi. The first-order valence-electron chi connectivity index (χ1n) is 7.50. The molecule has 0 aliphatic heterocycles. The van der Waals surface area contributed by atoms with Gasteiger partial charge >= 0.3 is 0 Å². The maximum Gasteiger partial charge on any atom is 0.100 e. The Hall–Kier alpha value is -1.64. The summed E-state index contributed by atoms with van der Waals surface area (Å²) in [6.07, 6.45) is 6.23. The van der Waals surface area contributed by atoms with E-state index in [2.05, 4.69) is 48.5 Å². The van der Waals surface area contributed by atoms with E-state index in [0.29, 0.717) is 5.54 Å². The number of hydrogen-bond acceptors (Lipinski definition) is 1. The molecule has 4 rings (SSSR count). The Bertz CT molecular complexity index is 688. The molecule has 1 unspecified atom stereocenters. The molecule has 100 valence electrons. The van der Waals surface area contributed by atoms with Crippen LogP contribution in [0.2, 0.25) is 0 Å². The second-order valence-corrected chi connectivity index (χ2v) is 7.20. The highest BCUT2D eigenvalue weighted by atomic mass is 28.2. The SMILES string of the molecule is N[SiH2]C1C=C(c2ccccc2)c2cc3c(cc21)CCC3. The minimum atomic E-state index is -0.547. The molecule has 0 saturated heterocycles. The van der Waals surface area contributed by atoms with E-state index < -0.39 is 9.68 Å². The fraction of sp³-hybridized carbons (Fsp3) is 0.222. The van der Waals surface area contributed by atoms with E-state index in [0.717, 1.165) is 0 Å². The van der Waals surface area contributed by atoms with Crippen LogP contribution in [-0.4, -0.2) is 9.68 Å². The monoisotopic (exact) mass is 277 g/mol. The van der Waals surface area contributed by atoms with Crippen LogP contribution in [0.1, 0.15) is 39.8 Å². The molecule has 0 aromatic heterocycles. The van der Waals surface area contributed by atoms with Crippen molar-refractivity contribution >= 4 is 15.3 Å². The molecule has 0 amide bonds. The molecule has 2 N–H and O–H groups in total. The molecule has 2 aliphatic carbocycles. The van der Waals surface area contributed by atoms with Crippen LogP contribution in [0, 0.1) is 0 Å². The zero-order valence-corrected chi connectivity index (χ0v) is 13.0. The van der Waals surface area contributed by atoms with Gasteiger partial charge in [-0.3, -0.25) is 0 Å². The van der Waals surface area contributed by atoms with Gasteiger partial charge in [0.15, 0.2) is 0 Å². The van der Waals surface area contributed by atoms with E-state index in [1.165, 1.54) is 41.5 Å². The first-order chi connectivity index (χ1) is 9.86. The normalized spacial score (nSPS) is 20.2. The maximum absolute atomic E-state index is 6.13. The Balaban J connectivity index is 1.88. The number of fused-ring (bicyclic) bond motifs is 2. The molecule has 0 spiro atoms. The van der Waals surface area contributed by atoms with Crippen molar-refractivity contribution in [1.82, 2.24) is 0 Å². The van der Waals surface area contributed by atoms with Gasteiger partial charge in [0.1, 0.15) is 9.68 Å². The van der Waals surface area contributed by atoms with Crippen molar-refractivity contribution in [1.29, 1.82) is 0 Å². The number of benzene rings is 2. The van der Waals surface area contributed by atoms with Crippen LogP contribution in [0.4, 0.5) is 0 Å². The average Bonchev–Trinajstić information content (AvgIpc) is 3.09. The third-order valence-corrected chi connectivity index (χ3v) is 5.84. The van der Waals surface area contributed by atoms with Crippen molar-refractivity contribution in [2.45, 2.75) is 24.8 Å². The lowest BCUT2D eigenvalue weighted by Crippen LogP contribution is -2.14. The number of aryl methyl sites for hydroxylation is 2. The lowest BCUT2D eigenvalue weighted by Gasteiger charge is -2.11. The van der Waals surface area contributed by atoms with E-state index in [1.54, 1.807) is 11.1 Å². The van der Waals surface area contributed by atoms with Gasteiger partial charge in [0, 0.05) is 5.54 Å². The maximum atomic E-state index is 6.13. The van der Waals surface area contributed by atoms with Crippen LogP contribution in [0.3, 0.4) is 0 Å². The summed E-state index contributed by atoms with van der Waals surface area (Å²) in [7, 11) is -0.547. The summed E-state index contributed by atoms with van der Waals surface area (Å²) in [5, 5.41) is 6.13. The van der Waals surface area contributed by atoms with Crippen LogP contribution < -0.4 is 5.40 Å². The third-order valence-electron chi connectivity index (χ3n) is 4.66. The molecule has 0 heterocycles. The van der Waals surface area contributed by atoms with Gasteiger partial charge in [-0.2, -0.15) is 0 Å². The summed E-state index contributed by atoms with van der Waals surface area (Å²) in [5.41, 5.74) is 9.32. The largest absolute Gasteiger partial charge is 0.355 e. The highest BCUT2D eigenvalue weighted by Gasteiger charge is 2.26. The van der Waals surface area contributed by atoms with Crippen LogP contribution >= 0.6 is 0 Å². The first-order valence-corrected chi connectivity index (χ1v) is 9.13. The summed E-state index contributed by atoms with van der Waals surface area (Å²) >= 11 is 0. The van der Waals surface area contributed by atoms with Crippen molar-refractivity contribution in [2.75, 3.05) is 0 Å². The Morgan fingerprint density at radius 3 is 2.50 bits per heavy atom. The lowest BCUT2D eigenvalue weighted by molar-refractivity contribution is 0.911. The minimum Gasteiger partial charge on any atom is -0.355 e. The second-order valence-electron chi connectivity index (χ2n) is 5.85. The molecule has 0 saturated carbocycles. The molecule has 2 aromatic carbocycles. The van der Waals surface area contributed by atoms with Gasteiger partial charge in [-0.05, 0) is 52.7 Å². The lowest BCUT2D eigenvalue weighted by atomic mass is 9.95. The predicted octanol–water partition coefficient (Wildman–Crippen LogP) is 2.70. The first kappa shape index (κ1) is 12.1. The zero-order valence-electron chi connectivity index (χ0n) is 11.6. The number of nitrogens with two attached hydrogens (primary N) is 1. The summed E-state index contributed by atoms with van der Waals surface area (Å²) in [5.74, 6) is 0. The fourth-order valence-electron chi connectivity index (χ4n) is 3.63. The van der Waals surface area contributed by atoms with Crippen molar-refractivity contribution in [3.8, 4) is 0 Å². The van der Waals surface area contributed by atoms with Crippen molar-refractivity contribution < 1.29 is 0 Å². The predicted molar refractivity (Wildman–Crippen MR) is 87.5 cm³/mol. The molecule has 20 heavy (non-hydrogen) atoms. The summed E-state index contributed by atoms with van der Waals surface area (Å²) in [6, 6.07) is 15.6. The highest BCUT2D eigenvalue weighted by molar-refractivity contribution is 6.35. The van der Waals surface area contributed by atoms with Gasteiger partial charge in [-0.1, -0.05) is 48.5 Å². The highest BCUT2D eigenvalue weighted by Crippen LogP contribution is 2.41. The van der Waals surface area contributed by atoms with Crippen molar-refractivity contribution in [2.24, 2.45) is 5.40 Å². The van der Waals surface area contributed by atoms with Gasteiger partial charge < -0.3 is 5.40 Å². The molecule has 1 nitrogen and oxygen atoms in total. The molecule has 1 atom stereocenters. The molecule has 0 fully saturated rings. The quantitative estimate of drug-likeness (QED) is 0.839. The Labute approximate surface area is 122 Å². The summed E-state index contributed by atoms with van der Waals surface area (Å²) in [6.45, 7) is 0. The molecule has 2 aromatic rings. The Morgan fingerprint density at radius 2 is 1.75 bits per heavy atom. The van der Waals surface area contributed by atoms with Crippen LogP contribution in [0.25, 0.3) is 5.57 Å². The number of hydrogen-bond donors (Lipinski definition) is 1. The van der Waals surface area contributed by atoms with Gasteiger partial charge in [0.2, 0.25) is 0 Å². The van der Waals surface area contributed by atoms with Gasteiger partial charge in [-0.25, -0.2) is 0 Å². The minimum absolute atomic E-state index is 0.520. The average molecular weight is 277 g/mol. The van der Waals surface area contributed by atoms with Crippen LogP contribution in [0.15, 0.2) is 48.5 Å². The molecular weight excluding hydrogens is 258 g/mol. The standard InChI is InChI=1S/C18H19NSi/c19-20-18-11-15(12-5-2-1-3-6-12)16-9-13-7-4-8-14(13)10-17(16)18/h1-3,5-6,9-11,18H,4,7-8,19-20H2. The smallest absolute Gasteiger partial charge is 0.100 e. The number of allylic oxidation sites excluding steroid dienone is 1. The topological polar surface area (TPSA) is 26.0 Å². The van der Waals surface area contributed by atoms with Crippen molar-refractivity contribution in [3.05, 3.63) is 76.4 Å². The van der Waals surface area contributed by atoms with Crippen LogP contribution in [0.5, 0.6) is 0 Å². The number of rotatable bonds is 2. The van der Waals surface area contributed by atoms with Crippen LogP contribution in [-0.2, 0) is 12.8 Å².